The molecule has 0 amide bonds. The van der Waals surface area contributed by atoms with E-state index >= 15 is 0 Å². The molecular weight excluding hydrogens is 202 g/mol. The zero-order valence-corrected chi connectivity index (χ0v) is 10.9. The molecule has 0 bridgehead atoms. The van der Waals surface area contributed by atoms with E-state index in [9.17, 15) is 5.11 Å². The van der Waals surface area contributed by atoms with Crippen LogP contribution in [0.5, 0.6) is 0 Å². The quantitative estimate of drug-likeness (QED) is 0.671. The summed E-state index contributed by atoms with van der Waals surface area (Å²) in [4.78, 5) is 4.91. The molecule has 0 aromatic rings. The number of piperazine rings is 1. The maximum absolute atomic E-state index is 9.26. The van der Waals surface area contributed by atoms with Crippen molar-refractivity contribution in [3.63, 3.8) is 0 Å². The van der Waals surface area contributed by atoms with Crippen molar-refractivity contribution in [1.29, 1.82) is 0 Å². The number of hydrogen-bond donors (Lipinski definition) is 2. The minimum atomic E-state index is 0.228. The van der Waals surface area contributed by atoms with E-state index in [1.54, 1.807) is 0 Å². The Morgan fingerprint density at radius 2 is 2.12 bits per heavy atom. The summed E-state index contributed by atoms with van der Waals surface area (Å²) in [6, 6.07) is 0.903. The van der Waals surface area contributed by atoms with Crippen LogP contribution >= 0.6 is 0 Å². The van der Waals surface area contributed by atoms with Crippen LogP contribution in [-0.4, -0.2) is 73.4 Å². The second kappa shape index (κ2) is 7.22. The van der Waals surface area contributed by atoms with Crippen molar-refractivity contribution in [1.82, 2.24) is 15.1 Å². The first-order chi connectivity index (χ1) is 7.71. The fraction of sp³-hybridized carbons (Fsp3) is 1.00. The van der Waals surface area contributed by atoms with Gasteiger partial charge in [-0.1, -0.05) is 13.8 Å². The Balaban J connectivity index is 2.36. The molecule has 2 N–H and O–H groups in total. The number of nitrogens with zero attached hydrogens (tertiary/aromatic N) is 2. The summed E-state index contributed by atoms with van der Waals surface area (Å²) in [5.41, 5.74) is 0. The van der Waals surface area contributed by atoms with Crippen LogP contribution in [0.2, 0.25) is 0 Å². The average molecular weight is 229 g/mol. The zero-order valence-electron chi connectivity index (χ0n) is 10.9. The topological polar surface area (TPSA) is 38.7 Å². The van der Waals surface area contributed by atoms with Crippen LogP contribution in [0.1, 0.15) is 20.3 Å². The van der Waals surface area contributed by atoms with Gasteiger partial charge in [0.15, 0.2) is 0 Å². The molecule has 1 heterocycles. The number of nitrogens with one attached hydrogen (secondary N) is 1. The van der Waals surface area contributed by atoms with Crippen molar-refractivity contribution in [2.75, 3.05) is 46.4 Å². The molecule has 4 heteroatoms. The minimum Gasteiger partial charge on any atom is -0.395 e. The highest BCUT2D eigenvalue weighted by Crippen LogP contribution is 2.10. The Labute approximate surface area is 99.6 Å². The molecule has 2 unspecified atom stereocenters. The lowest BCUT2D eigenvalue weighted by atomic mass is 10.1. The van der Waals surface area contributed by atoms with E-state index in [-0.39, 0.29) is 12.6 Å². The van der Waals surface area contributed by atoms with Crippen molar-refractivity contribution in [2.45, 2.75) is 32.4 Å². The number of likely N-dealkylation sites (N-methyl/N-ethyl adjacent to an activating group) is 2. The van der Waals surface area contributed by atoms with Gasteiger partial charge in [0.2, 0.25) is 0 Å². The second-order valence-corrected chi connectivity index (χ2v) is 4.74. The molecule has 0 spiro atoms. The van der Waals surface area contributed by atoms with Gasteiger partial charge in [0.1, 0.15) is 0 Å². The Morgan fingerprint density at radius 1 is 1.38 bits per heavy atom. The summed E-state index contributed by atoms with van der Waals surface area (Å²) in [5, 5.41) is 12.6. The summed E-state index contributed by atoms with van der Waals surface area (Å²) >= 11 is 0. The smallest absolute Gasteiger partial charge is 0.0597 e. The highest BCUT2D eigenvalue weighted by molar-refractivity contribution is 4.81. The Morgan fingerprint density at radius 3 is 2.69 bits per heavy atom. The largest absolute Gasteiger partial charge is 0.395 e. The Hall–Kier alpha value is -0.160. The van der Waals surface area contributed by atoms with Crippen LogP contribution in [0.3, 0.4) is 0 Å². The third kappa shape index (κ3) is 4.01. The predicted octanol–water partition coefficient (Wildman–Crippen LogP) is -0.0172. The predicted molar refractivity (Wildman–Crippen MR) is 67.7 cm³/mol. The van der Waals surface area contributed by atoms with Gasteiger partial charge in [-0.25, -0.2) is 0 Å². The van der Waals surface area contributed by atoms with E-state index in [0.717, 1.165) is 32.7 Å². The van der Waals surface area contributed by atoms with Gasteiger partial charge >= 0.3 is 0 Å². The third-order valence-electron chi connectivity index (χ3n) is 3.52. The van der Waals surface area contributed by atoms with Gasteiger partial charge in [0.25, 0.3) is 0 Å². The first-order valence-electron chi connectivity index (χ1n) is 6.48. The van der Waals surface area contributed by atoms with Gasteiger partial charge in [-0.2, -0.15) is 0 Å². The van der Waals surface area contributed by atoms with Crippen LogP contribution < -0.4 is 5.32 Å². The van der Waals surface area contributed by atoms with Crippen molar-refractivity contribution >= 4 is 0 Å². The monoisotopic (exact) mass is 229 g/mol. The number of rotatable bonds is 6. The first kappa shape index (κ1) is 13.9. The first-order valence-corrected chi connectivity index (χ1v) is 6.48. The maximum Gasteiger partial charge on any atom is 0.0597 e. The molecule has 0 aliphatic carbocycles. The maximum atomic E-state index is 9.26. The molecule has 1 aliphatic heterocycles. The molecule has 1 saturated heterocycles. The van der Waals surface area contributed by atoms with E-state index in [0.29, 0.717) is 6.04 Å². The lowest BCUT2D eigenvalue weighted by Crippen LogP contribution is -2.54. The van der Waals surface area contributed by atoms with Crippen molar-refractivity contribution in [3.8, 4) is 0 Å². The van der Waals surface area contributed by atoms with Gasteiger partial charge in [0, 0.05) is 38.3 Å². The van der Waals surface area contributed by atoms with E-state index in [2.05, 4.69) is 36.0 Å². The second-order valence-electron chi connectivity index (χ2n) is 4.74. The standard InChI is InChI=1S/C12H27N3O/c1-4-12-9-15(7-6-14(12)3)8-11(10-16)13-5-2/h11-13,16H,4-10H2,1-3H3. The van der Waals surface area contributed by atoms with Gasteiger partial charge < -0.3 is 15.3 Å². The van der Waals surface area contributed by atoms with Gasteiger partial charge in [-0.15, -0.1) is 0 Å². The molecule has 0 aromatic carbocycles. The third-order valence-corrected chi connectivity index (χ3v) is 3.52. The van der Waals surface area contributed by atoms with E-state index in [4.69, 9.17) is 0 Å². The van der Waals surface area contributed by atoms with Crippen molar-refractivity contribution in [3.05, 3.63) is 0 Å². The van der Waals surface area contributed by atoms with E-state index in [1.165, 1.54) is 6.42 Å². The summed E-state index contributed by atoms with van der Waals surface area (Å²) < 4.78 is 0. The fourth-order valence-electron chi connectivity index (χ4n) is 2.40. The van der Waals surface area contributed by atoms with Crippen LogP contribution in [-0.2, 0) is 0 Å². The van der Waals surface area contributed by atoms with Crippen molar-refractivity contribution in [2.24, 2.45) is 0 Å². The molecule has 1 aliphatic rings. The molecule has 1 rings (SSSR count). The molecule has 0 saturated carbocycles. The molecule has 16 heavy (non-hydrogen) atoms. The van der Waals surface area contributed by atoms with E-state index < -0.39 is 0 Å². The summed E-state index contributed by atoms with van der Waals surface area (Å²) in [6.45, 7) is 9.86. The number of hydrogen-bond acceptors (Lipinski definition) is 4. The highest BCUT2D eigenvalue weighted by atomic mass is 16.3. The molecule has 4 nitrogen and oxygen atoms in total. The highest BCUT2D eigenvalue weighted by Gasteiger charge is 2.24. The molecule has 2 atom stereocenters. The average Bonchev–Trinajstić information content (AvgIpc) is 2.30. The lowest BCUT2D eigenvalue weighted by Gasteiger charge is -2.40. The van der Waals surface area contributed by atoms with Crippen LogP contribution in [0.25, 0.3) is 0 Å². The van der Waals surface area contributed by atoms with Gasteiger partial charge in [-0.05, 0) is 20.0 Å². The zero-order chi connectivity index (χ0) is 12.0. The molecule has 96 valence electrons. The molecule has 0 radical (unpaired) electrons. The summed E-state index contributed by atoms with van der Waals surface area (Å²) in [6.07, 6.45) is 1.21. The number of aliphatic hydroxyl groups excluding tert-OH is 1. The lowest BCUT2D eigenvalue weighted by molar-refractivity contribution is 0.0782. The fourth-order valence-corrected chi connectivity index (χ4v) is 2.40. The Kier molecular flexibility index (Phi) is 6.28. The summed E-state index contributed by atoms with van der Waals surface area (Å²) in [5.74, 6) is 0. The SMILES string of the molecule is CCNC(CO)CN1CCN(C)C(CC)C1. The van der Waals surface area contributed by atoms with Gasteiger partial charge in [0.05, 0.1) is 6.61 Å². The Bertz CT molecular complexity index is 189. The molecular formula is C12H27N3O. The van der Waals surface area contributed by atoms with Crippen LogP contribution in [0, 0.1) is 0 Å². The van der Waals surface area contributed by atoms with Crippen LogP contribution in [0.15, 0.2) is 0 Å². The molecule has 0 aromatic heterocycles. The number of aliphatic hydroxyl groups is 1. The molecule has 1 fully saturated rings. The normalized spacial score (nSPS) is 25.9. The van der Waals surface area contributed by atoms with Crippen LogP contribution in [0.4, 0.5) is 0 Å². The van der Waals surface area contributed by atoms with Gasteiger partial charge in [-0.3, -0.25) is 4.90 Å². The minimum absolute atomic E-state index is 0.228. The van der Waals surface area contributed by atoms with E-state index in [1.807, 2.05) is 0 Å². The van der Waals surface area contributed by atoms with Crippen molar-refractivity contribution < 1.29 is 5.11 Å². The summed E-state index contributed by atoms with van der Waals surface area (Å²) in [7, 11) is 2.21.